The second-order valence-corrected chi connectivity index (χ2v) is 7.21. The number of nitrogens with zero attached hydrogens (tertiary/aromatic N) is 6. The number of rotatable bonds is 3. The summed E-state index contributed by atoms with van der Waals surface area (Å²) in [6, 6.07) is 7.72. The first kappa shape index (κ1) is 20.5. The van der Waals surface area contributed by atoms with Crippen LogP contribution in [0.5, 0.6) is 5.88 Å². The molecule has 3 aromatic rings. The number of methoxy groups -OCH3 is 1. The molecule has 0 aromatic carbocycles. The average Bonchev–Trinajstić information content (AvgIpc) is 2.89. The van der Waals surface area contributed by atoms with Crippen molar-refractivity contribution in [3.8, 4) is 17.1 Å². The van der Waals surface area contributed by atoms with Crippen molar-refractivity contribution < 1.29 is 13.9 Å². The van der Waals surface area contributed by atoms with Crippen LogP contribution in [0.3, 0.4) is 0 Å². The summed E-state index contributed by atoms with van der Waals surface area (Å²) in [5.41, 5.74) is 1.93. The smallest absolute Gasteiger partial charge is 0.328 e. The summed E-state index contributed by atoms with van der Waals surface area (Å²) in [5, 5.41) is 2.80. The number of carbonyl (C=O) groups is 1. The highest BCUT2D eigenvalue weighted by Gasteiger charge is 2.30. The quantitative estimate of drug-likeness (QED) is 0.646. The largest absolute Gasteiger partial charge is 0.481 e. The Morgan fingerprint density at radius 1 is 1.23 bits per heavy atom. The number of anilines is 3. The lowest BCUT2D eigenvalue weighted by molar-refractivity contribution is 0.255. The molecule has 4 rings (SSSR count). The molecule has 10 heteroatoms. The van der Waals surface area contributed by atoms with E-state index in [-0.39, 0.29) is 12.1 Å². The number of fused-ring (bicyclic) bond motifs is 1. The Morgan fingerprint density at radius 3 is 2.84 bits per heavy atom. The fourth-order valence-electron chi connectivity index (χ4n) is 3.46. The first-order valence-electron chi connectivity index (χ1n) is 9.76. The standard InChI is InChI=1S/C21H22FN7O2/c1-13-7-9-28(2)16-5-4-15(14-6-8-23-17(22)10-14)26-20(16)29(13)21(30)27-18-11-19(31-3)25-12-24-18/h4-6,8,10-13H,7,9H2,1-3H3,(H,24,25,27,30)/t13-/m1/s1. The van der Waals surface area contributed by atoms with Gasteiger partial charge in [0.2, 0.25) is 11.8 Å². The molecule has 0 fully saturated rings. The molecule has 1 N–H and O–H groups in total. The second-order valence-electron chi connectivity index (χ2n) is 7.21. The van der Waals surface area contributed by atoms with Crippen LogP contribution in [-0.4, -0.2) is 52.7 Å². The van der Waals surface area contributed by atoms with E-state index in [4.69, 9.17) is 9.72 Å². The van der Waals surface area contributed by atoms with Gasteiger partial charge in [0.05, 0.1) is 18.5 Å². The lowest BCUT2D eigenvalue weighted by Gasteiger charge is -2.27. The molecule has 2 amide bonds. The maximum absolute atomic E-state index is 13.6. The fraction of sp³-hybridized carbons (Fsp3) is 0.286. The van der Waals surface area contributed by atoms with Crippen LogP contribution in [-0.2, 0) is 0 Å². The molecule has 160 valence electrons. The number of amides is 2. The van der Waals surface area contributed by atoms with Crippen molar-refractivity contribution in [3.63, 3.8) is 0 Å². The molecule has 1 aliphatic rings. The zero-order valence-corrected chi connectivity index (χ0v) is 17.4. The van der Waals surface area contributed by atoms with Gasteiger partial charge in [0.1, 0.15) is 12.1 Å². The van der Waals surface area contributed by atoms with Gasteiger partial charge in [0.25, 0.3) is 0 Å². The predicted molar refractivity (Wildman–Crippen MR) is 115 cm³/mol. The molecule has 0 radical (unpaired) electrons. The molecule has 0 unspecified atom stereocenters. The fourth-order valence-corrected chi connectivity index (χ4v) is 3.46. The average molecular weight is 423 g/mol. The van der Waals surface area contributed by atoms with Gasteiger partial charge in [0.15, 0.2) is 5.82 Å². The van der Waals surface area contributed by atoms with Gasteiger partial charge in [-0.1, -0.05) is 0 Å². The molecule has 0 spiro atoms. The van der Waals surface area contributed by atoms with Gasteiger partial charge in [-0.25, -0.2) is 24.7 Å². The van der Waals surface area contributed by atoms with Crippen LogP contribution in [0.1, 0.15) is 13.3 Å². The summed E-state index contributed by atoms with van der Waals surface area (Å²) in [7, 11) is 3.44. The Bertz CT molecular complexity index is 1110. The Labute approximate surface area is 178 Å². The van der Waals surface area contributed by atoms with Crippen molar-refractivity contribution in [2.24, 2.45) is 0 Å². The van der Waals surface area contributed by atoms with Crippen molar-refractivity contribution in [3.05, 3.63) is 48.8 Å². The number of hydrogen-bond donors (Lipinski definition) is 1. The van der Waals surface area contributed by atoms with Gasteiger partial charge >= 0.3 is 6.03 Å². The van der Waals surface area contributed by atoms with Gasteiger partial charge in [-0.3, -0.25) is 10.2 Å². The summed E-state index contributed by atoms with van der Waals surface area (Å²) in [5.74, 6) is 0.554. The van der Waals surface area contributed by atoms with E-state index in [0.29, 0.717) is 28.8 Å². The maximum Gasteiger partial charge on any atom is 0.328 e. The Kier molecular flexibility index (Phi) is 5.61. The highest BCUT2D eigenvalue weighted by atomic mass is 19.1. The lowest BCUT2D eigenvalue weighted by atomic mass is 10.1. The number of halogens is 1. The van der Waals surface area contributed by atoms with Crippen molar-refractivity contribution >= 4 is 23.4 Å². The van der Waals surface area contributed by atoms with E-state index >= 15 is 0 Å². The van der Waals surface area contributed by atoms with Crippen LogP contribution in [0, 0.1) is 5.95 Å². The number of urea groups is 1. The minimum absolute atomic E-state index is 0.135. The highest BCUT2D eigenvalue weighted by Crippen LogP contribution is 2.35. The van der Waals surface area contributed by atoms with Crippen molar-refractivity contribution in [2.75, 3.05) is 35.8 Å². The van der Waals surface area contributed by atoms with E-state index in [1.54, 1.807) is 11.0 Å². The van der Waals surface area contributed by atoms with Crippen LogP contribution in [0.15, 0.2) is 42.9 Å². The number of ether oxygens (including phenoxy) is 1. The molecule has 0 bridgehead atoms. The number of aromatic nitrogens is 4. The third-order valence-electron chi connectivity index (χ3n) is 5.14. The second kappa shape index (κ2) is 8.50. The predicted octanol–water partition coefficient (Wildman–Crippen LogP) is 3.35. The number of hydrogen-bond acceptors (Lipinski definition) is 7. The number of pyridine rings is 2. The minimum Gasteiger partial charge on any atom is -0.481 e. The van der Waals surface area contributed by atoms with Crippen LogP contribution < -0.4 is 19.9 Å². The third kappa shape index (κ3) is 4.23. The van der Waals surface area contributed by atoms with Crippen molar-refractivity contribution in [1.29, 1.82) is 0 Å². The lowest BCUT2D eigenvalue weighted by Crippen LogP contribution is -2.42. The highest BCUT2D eigenvalue weighted by molar-refractivity contribution is 6.03. The van der Waals surface area contributed by atoms with Crippen LogP contribution in [0.25, 0.3) is 11.3 Å². The maximum atomic E-state index is 13.6. The Morgan fingerprint density at radius 2 is 2.06 bits per heavy atom. The molecule has 1 aliphatic heterocycles. The van der Waals surface area contributed by atoms with Gasteiger partial charge in [-0.05, 0) is 31.5 Å². The van der Waals surface area contributed by atoms with E-state index in [1.807, 2.05) is 26.1 Å². The monoisotopic (exact) mass is 423 g/mol. The Balaban J connectivity index is 1.74. The SMILES string of the molecule is COc1cc(NC(=O)N2c3nc(-c4ccnc(F)c4)ccc3N(C)CC[C@H]2C)ncn1. The third-order valence-corrected chi connectivity index (χ3v) is 5.14. The number of carbonyl (C=O) groups excluding carboxylic acids is 1. The molecule has 1 atom stereocenters. The summed E-state index contributed by atoms with van der Waals surface area (Å²) in [6.07, 6.45) is 3.45. The molecule has 0 saturated carbocycles. The molecular weight excluding hydrogens is 401 g/mol. The van der Waals surface area contributed by atoms with Gasteiger partial charge in [-0.2, -0.15) is 4.39 Å². The molecule has 0 saturated heterocycles. The first-order chi connectivity index (χ1) is 15.0. The van der Waals surface area contributed by atoms with Crippen molar-refractivity contribution in [1.82, 2.24) is 19.9 Å². The molecule has 31 heavy (non-hydrogen) atoms. The van der Waals surface area contributed by atoms with E-state index in [9.17, 15) is 9.18 Å². The minimum atomic E-state index is -0.591. The zero-order valence-electron chi connectivity index (χ0n) is 17.4. The summed E-state index contributed by atoms with van der Waals surface area (Å²) in [6.45, 7) is 2.72. The van der Waals surface area contributed by atoms with Gasteiger partial charge < -0.3 is 9.64 Å². The summed E-state index contributed by atoms with van der Waals surface area (Å²) in [4.78, 5) is 33.3. The number of nitrogens with one attached hydrogen (secondary N) is 1. The van der Waals surface area contributed by atoms with E-state index < -0.39 is 5.95 Å². The molecule has 0 aliphatic carbocycles. The van der Waals surface area contributed by atoms with Crippen molar-refractivity contribution in [2.45, 2.75) is 19.4 Å². The van der Waals surface area contributed by atoms with Crippen LogP contribution in [0.4, 0.5) is 26.5 Å². The molecular formula is C21H22FN7O2. The first-order valence-corrected chi connectivity index (χ1v) is 9.76. The van der Waals surface area contributed by atoms with E-state index in [0.717, 1.165) is 18.7 Å². The molecule has 9 nitrogen and oxygen atoms in total. The van der Waals surface area contributed by atoms with E-state index in [1.165, 1.54) is 31.8 Å². The summed E-state index contributed by atoms with van der Waals surface area (Å²) >= 11 is 0. The van der Waals surface area contributed by atoms with Crippen LogP contribution in [0.2, 0.25) is 0 Å². The normalized spacial score (nSPS) is 15.8. The van der Waals surface area contributed by atoms with Gasteiger partial charge in [0, 0.05) is 43.5 Å². The van der Waals surface area contributed by atoms with Gasteiger partial charge in [-0.15, -0.1) is 0 Å². The molecule has 4 heterocycles. The summed E-state index contributed by atoms with van der Waals surface area (Å²) < 4.78 is 18.7. The molecule has 3 aromatic heterocycles. The van der Waals surface area contributed by atoms with Crippen LogP contribution >= 0.6 is 0 Å². The topological polar surface area (TPSA) is 96.4 Å². The Hall–Kier alpha value is -3.82. The zero-order chi connectivity index (χ0) is 22.0. The van der Waals surface area contributed by atoms with E-state index in [2.05, 4.69) is 25.2 Å².